The van der Waals surface area contributed by atoms with E-state index in [1.165, 1.54) is 29.7 Å². The standard InChI is InChI=1S/C29H31F2N7O3S/c1-18(2)38(42(40,41)28(32)35-17-33-3)24-7-4-20-12-26-19(16-36-37(26)23-8-5-21(30)6-9-23)14-29(20,15-24)27(39)25-13-22(31)10-11-34-25/h5-6,8-13,16-18,24H,4,7,14-15H2,1-3H3,(H2,32,33,35)/t24-,29-/m0/s1. The highest BCUT2D eigenvalue weighted by atomic mass is 32.2. The summed E-state index contributed by atoms with van der Waals surface area (Å²) in [4.78, 5) is 26.0. The van der Waals surface area contributed by atoms with Gasteiger partial charge in [0.1, 0.15) is 23.7 Å². The van der Waals surface area contributed by atoms with Crippen molar-refractivity contribution in [2.75, 3.05) is 7.05 Å². The highest BCUT2D eigenvalue weighted by Gasteiger charge is 2.52. The molecule has 13 heteroatoms. The zero-order valence-corrected chi connectivity index (χ0v) is 24.2. The van der Waals surface area contributed by atoms with Crippen LogP contribution in [0.1, 0.15) is 54.9 Å². The molecule has 220 valence electrons. The highest BCUT2D eigenvalue weighted by molar-refractivity contribution is 8.04. The first-order chi connectivity index (χ1) is 20.0. The number of carbonyl (C=O) groups is 1. The van der Waals surface area contributed by atoms with Gasteiger partial charge in [-0.05, 0) is 81.5 Å². The fourth-order valence-corrected chi connectivity index (χ4v) is 7.57. The molecule has 42 heavy (non-hydrogen) atoms. The number of rotatable bonds is 7. The molecule has 2 aliphatic rings. The van der Waals surface area contributed by atoms with Gasteiger partial charge in [0.05, 0.1) is 23.0 Å². The van der Waals surface area contributed by atoms with Crippen LogP contribution in [0, 0.1) is 17.0 Å². The van der Waals surface area contributed by atoms with Crippen molar-refractivity contribution in [2.45, 2.75) is 51.6 Å². The van der Waals surface area contributed by atoms with Crippen LogP contribution in [0.25, 0.3) is 11.8 Å². The van der Waals surface area contributed by atoms with Gasteiger partial charge in [-0.1, -0.05) is 5.57 Å². The number of amidine groups is 1. The molecule has 1 fully saturated rings. The molecule has 2 heterocycles. The van der Waals surface area contributed by atoms with Gasteiger partial charge in [-0.2, -0.15) is 9.40 Å². The van der Waals surface area contributed by atoms with Crippen molar-refractivity contribution in [3.05, 3.63) is 83.0 Å². The third-order valence-corrected chi connectivity index (χ3v) is 9.72. The number of nitrogens with two attached hydrogens (primary N) is 1. The molecule has 0 aliphatic heterocycles. The summed E-state index contributed by atoms with van der Waals surface area (Å²) in [7, 11) is -2.77. The van der Waals surface area contributed by atoms with Crippen LogP contribution < -0.4 is 5.73 Å². The summed E-state index contributed by atoms with van der Waals surface area (Å²) in [6.07, 6.45) is 6.94. The van der Waals surface area contributed by atoms with Crippen LogP contribution in [0.5, 0.6) is 0 Å². The molecule has 0 amide bonds. The number of allylic oxidation sites excluding steroid dienone is 1. The number of hydrogen-bond acceptors (Lipinski definition) is 6. The molecule has 0 bridgehead atoms. The molecule has 2 atom stereocenters. The molecule has 10 nitrogen and oxygen atoms in total. The van der Waals surface area contributed by atoms with Gasteiger partial charge in [-0.15, -0.1) is 0 Å². The molecule has 1 aromatic carbocycles. The second-order valence-corrected chi connectivity index (χ2v) is 12.5. The van der Waals surface area contributed by atoms with Crippen LogP contribution in [0.15, 0.2) is 64.3 Å². The normalized spacial score (nSPS) is 21.0. The Labute approximate surface area is 242 Å². The second kappa shape index (κ2) is 11.3. The lowest BCUT2D eigenvalue weighted by molar-refractivity contribution is 0.0723. The molecular formula is C29H31F2N7O3S. The average molecular weight is 596 g/mol. The number of halogens is 2. The lowest BCUT2D eigenvalue weighted by Gasteiger charge is -2.47. The Kier molecular flexibility index (Phi) is 7.90. The summed E-state index contributed by atoms with van der Waals surface area (Å²) in [5, 5.41) is 3.92. The minimum Gasteiger partial charge on any atom is -0.373 e. The summed E-state index contributed by atoms with van der Waals surface area (Å²) >= 11 is 0. The number of Topliss-reactive ketones (excluding diaryl/α,β-unsaturated/α-hetero) is 1. The maximum atomic E-state index is 14.3. The van der Waals surface area contributed by atoms with E-state index in [2.05, 4.69) is 20.1 Å². The Bertz CT molecular complexity index is 1710. The van der Waals surface area contributed by atoms with E-state index in [1.807, 2.05) is 6.08 Å². The fourth-order valence-electron chi connectivity index (χ4n) is 6.05. The van der Waals surface area contributed by atoms with E-state index in [0.717, 1.165) is 35.3 Å². The maximum Gasteiger partial charge on any atom is 0.276 e. The number of aromatic nitrogens is 3. The van der Waals surface area contributed by atoms with Gasteiger partial charge < -0.3 is 5.73 Å². The third-order valence-electron chi connectivity index (χ3n) is 7.81. The van der Waals surface area contributed by atoms with E-state index >= 15 is 0 Å². The number of carbonyl (C=O) groups excluding carboxylic acids is 1. The number of sulfonamides is 1. The number of ketones is 1. The molecule has 2 N–H and O–H groups in total. The number of fused-ring (bicyclic) bond motifs is 2. The van der Waals surface area contributed by atoms with Crippen LogP contribution in [0.3, 0.4) is 0 Å². The molecule has 2 aliphatic carbocycles. The van der Waals surface area contributed by atoms with Crippen LogP contribution in [0.2, 0.25) is 0 Å². The van der Waals surface area contributed by atoms with E-state index in [-0.39, 0.29) is 24.4 Å². The van der Waals surface area contributed by atoms with Gasteiger partial charge in [0.2, 0.25) is 5.17 Å². The van der Waals surface area contributed by atoms with Crippen molar-refractivity contribution in [3.8, 4) is 5.69 Å². The van der Waals surface area contributed by atoms with Gasteiger partial charge in [0, 0.05) is 31.4 Å². The SMILES string of the molecule is CN=CN=C(N)S(=O)(=O)N(C(C)C)[C@H]1CCC2=Cc3c(cnn3-c3ccc(F)cc3)C[C@]2(C(=O)c2cc(F)ccn2)C1. The molecule has 0 radical (unpaired) electrons. The third kappa shape index (κ3) is 5.18. The van der Waals surface area contributed by atoms with Gasteiger partial charge in [0.15, 0.2) is 5.78 Å². The van der Waals surface area contributed by atoms with Crippen LogP contribution in [-0.2, 0) is 16.4 Å². The molecule has 5 rings (SSSR count). The van der Waals surface area contributed by atoms with Crippen molar-refractivity contribution in [1.82, 2.24) is 19.1 Å². The minimum absolute atomic E-state index is 0.0462. The second-order valence-electron chi connectivity index (χ2n) is 10.7. The summed E-state index contributed by atoms with van der Waals surface area (Å²) in [6, 6.07) is 7.05. The highest BCUT2D eigenvalue weighted by Crippen LogP contribution is 2.51. The van der Waals surface area contributed by atoms with Crippen molar-refractivity contribution in [1.29, 1.82) is 0 Å². The molecule has 0 unspecified atom stereocenters. The summed E-state index contributed by atoms with van der Waals surface area (Å²) in [6.45, 7) is 3.47. The quantitative estimate of drug-likeness (QED) is 0.250. The summed E-state index contributed by atoms with van der Waals surface area (Å²) < 4.78 is 58.1. The number of hydrogen-bond donors (Lipinski definition) is 1. The monoisotopic (exact) mass is 595 g/mol. The van der Waals surface area contributed by atoms with Crippen LogP contribution in [-0.4, -0.2) is 63.9 Å². The smallest absolute Gasteiger partial charge is 0.276 e. The van der Waals surface area contributed by atoms with Crippen molar-refractivity contribution < 1.29 is 22.0 Å². The minimum atomic E-state index is -4.21. The van der Waals surface area contributed by atoms with Crippen molar-refractivity contribution in [2.24, 2.45) is 21.1 Å². The largest absolute Gasteiger partial charge is 0.373 e. The Balaban J connectivity index is 1.62. The molecule has 0 spiro atoms. The van der Waals surface area contributed by atoms with Crippen LogP contribution >= 0.6 is 0 Å². The van der Waals surface area contributed by atoms with E-state index in [9.17, 15) is 22.0 Å². The zero-order valence-electron chi connectivity index (χ0n) is 23.4. The molecule has 1 saturated carbocycles. The van der Waals surface area contributed by atoms with Gasteiger partial charge in [-0.3, -0.25) is 14.8 Å². The van der Waals surface area contributed by atoms with Gasteiger partial charge in [-0.25, -0.2) is 26.9 Å². The number of pyridine rings is 1. The van der Waals surface area contributed by atoms with Crippen LogP contribution in [0.4, 0.5) is 8.78 Å². The Morgan fingerprint density at radius 1 is 1.21 bits per heavy atom. The van der Waals surface area contributed by atoms with E-state index in [4.69, 9.17) is 5.73 Å². The molecule has 3 aromatic rings. The van der Waals surface area contributed by atoms with Crippen molar-refractivity contribution in [3.63, 3.8) is 0 Å². The van der Waals surface area contributed by atoms with Gasteiger partial charge in [0.25, 0.3) is 10.0 Å². The molecule has 2 aromatic heterocycles. The molecule has 0 saturated heterocycles. The van der Waals surface area contributed by atoms with E-state index in [0.29, 0.717) is 18.5 Å². The maximum absolute atomic E-state index is 14.3. The zero-order chi connectivity index (χ0) is 30.2. The number of nitrogens with zero attached hydrogens (tertiary/aromatic N) is 6. The fraction of sp³-hybridized carbons (Fsp3) is 0.345. The summed E-state index contributed by atoms with van der Waals surface area (Å²) in [5.74, 6) is -1.38. The lowest BCUT2D eigenvalue weighted by Crippen LogP contribution is -2.54. The van der Waals surface area contributed by atoms with E-state index in [1.54, 1.807) is 36.9 Å². The topological polar surface area (TPSA) is 136 Å². The lowest BCUT2D eigenvalue weighted by atomic mass is 9.60. The Morgan fingerprint density at radius 3 is 2.62 bits per heavy atom. The van der Waals surface area contributed by atoms with E-state index < -0.39 is 44.3 Å². The predicted molar refractivity (Wildman–Crippen MR) is 156 cm³/mol. The number of aliphatic imine (C=N–C) groups is 2. The summed E-state index contributed by atoms with van der Waals surface area (Å²) in [5.41, 5.74) is 7.56. The first-order valence-electron chi connectivity index (χ1n) is 13.5. The molecular weight excluding hydrogens is 564 g/mol. The predicted octanol–water partition coefficient (Wildman–Crippen LogP) is 3.92. The Hall–Kier alpha value is -4.10. The van der Waals surface area contributed by atoms with Gasteiger partial charge >= 0.3 is 0 Å². The first-order valence-corrected chi connectivity index (χ1v) is 14.9. The Morgan fingerprint density at radius 2 is 1.95 bits per heavy atom. The number of benzene rings is 1. The average Bonchev–Trinajstić information content (AvgIpc) is 3.36. The first kappa shape index (κ1) is 29.4. The van der Waals surface area contributed by atoms with Crippen molar-refractivity contribution >= 4 is 33.4 Å².